The zero-order valence-electron chi connectivity index (χ0n) is 85.1. The van der Waals surface area contributed by atoms with E-state index in [4.69, 9.17) is 42.6 Å². The molecule has 12 aromatic rings. The fourth-order valence-electron chi connectivity index (χ4n) is 15.6. The third-order valence-corrected chi connectivity index (χ3v) is 23.7. The highest BCUT2D eigenvalue weighted by Gasteiger charge is 2.25. The summed E-state index contributed by atoms with van der Waals surface area (Å²) in [4.78, 5) is 105. The zero-order chi connectivity index (χ0) is 105. The Hall–Kier alpha value is -16.7. The van der Waals surface area contributed by atoms with Crippen LogP contribution >= 0.6 is 0 Å². The molecule has 0 fully saturated rings. The molecule has 0 aliphatic heterocycles. The first-order valence-electron chi connectivity index (χ1n) is 48.1. The Balaban J connectivity index is 0.000000276. The summed E-state index contributed by atoms with van der Waals surface area (Å²) in [5.41, 5.74) is 29.6. The molecule has 145 heavy (non-hydrogen) atoms. The van der Waals surface area contributed by atoms with E-state index in [1.165, 1.54) is 0 Å². The molecule has 0 aliphatic carbocycles. The summed E-state index contributed by atoms with van der Waals surface area (Å²) < 4.78 is 49.0. The Morgan fingerprint density at radius 1 is 0.200 bits per heavy atom. The lowest BCUT2D eigenvalue weighted by Gasteiger charge is -2.28. The maximum absolute atomic E-state index is 12.0. The van der Waals surface area contributed by atoms with Gasteiger partial charge in [0.2, 0.25) is 0 Å². The summed E-state index contributed by atoms with van der Waals surface area (Å²) in [6.07, 6.45) is 4.48. The third kappa shape index (κ3) is 31.2. The summed E-state index contributed by atoms with van der Waals surface area (Å²) >= 11 is 0. The Morgan fingerprint density at radius 3 is 0.476 bits per heavy atom. The summed E-state index contributed by atoms with van der Waals surface area (Å²) in [5, 5.41) is 0. The summed E-state index contributed by atoms with van der Waals surface area (Å²) in [5.74, 6) is -2.59. The molecule has 0 radical (unpaired) electrons. The zero-order valence-corrected chi connectivity index (χ0v) is 85.1. The second-order valence-electron chi connectivity index (χ2n) is 35.9. The molecule has 0 N–H and O–H groups in total. The molecule has 0 aromatic heterocycles. The van der Waals surface area contributed by atoms with E-state index >= 15 is 0 Å². The van der Waals surface area contributed by atoms with Crippen molar-refractivity contribution in [1.82, 2.24) is 0 Å². The van der Waals surface area contributed by atoms with Gasteiger partial charge in [-0.05, 0) is 305 Å². The smallest absolute Gasteiger partial charge is 0.333 e. The second kappa shape index (κ2) is 52.7. The maximum Gasteiger partial charge on any atom is 0.333 e. The van der Waals surface area contributed by atoms with Crippen LogP contribution in [-0.2, 0) is 128 Å². The quantitative estimate of drug-likeness (QED) is 0.0196. The molecular formula is C124H128N4O17. The van der Waals surface area contributed by atoms with Crippen LogP contribution in [0.2, 0.25) is 0 Å². The van der Waals surface area contributed by atoms with Gasteiger partial charge in [0.15, 0.2) is 0 Å². The lowest BCUT2D eigenvalue weighted by atomic mass is 9.98. The molecule has 746 valence electrons. The highest BCUT2D eigenvalue weighted by Crippen LogP contribution is 2.46. The van der Waals surface area contributed by atoms with Crippen molar-refractivity contribution >= 4 is 116 Å². The van der Waals surface area contributed by atoms with Gasteiger partial charge in [-0.15, -0.1) is 0 Å². The number of nitrogens with zero attached hydrogens (tertiary/aromatic N) is 4. The summed E-state index contributed by atoms with van der Waals surface area (Å²) in [7, 11) is 1.66. The fourth-order valence-corrected chi connectivity index (χ4v) is 15.6. The number of hydrogen-bond donors (Lipinski definition) is 0. The number of benzene rings is 12. The highest BCUT2D eigenvalue weighted by atomic mass is 16.6. The number of aryl methyl sites for hydroxylation is 3. The first-order valence-corrected chi connectivity index (χ1v) is 48.1. The predicted octanol–water partition coefficient (Wildman–Crippen LogP) is 26.8. The second-order valence-corrected chi connectivity index (χ2v) is 35.9. The van der Waals surface area contributed by atoms with Gasteiger partial charge < -0.3 is 62.2 Å². The Bertz CT molecular complexity index is 6230. The van der Waals surface area contributed by atoms with Crippen LogP contribution < -0.4 is 24.3 Å². The van der Waals surface area contributed by atoms with Gasteiger partial charge in [0.05, 0.1) is 65.7 Å². The molecule has 0 saturated carbocycles. The minimum Gasteiger partial charge on any atom is -0.495 e. The van der Waals surface area contributed by atoms with E-state index in [2.05, 4.69) is 281 Å². The predicted molar refractivity (Wildman–Crippen MR) is 579 cm³/mol. The van der Waals surface area contributed by atoms with E-state index in [-0.39, 0.29) is 52.9 Å². The first kappa shape index (κ1) is 109. The average Bonchev–Trinajstić information content (AvgIpc) is 0.778. The van der Waals surface area contributed by atoms with Crippen molar-refractivity contribution in [3.05, 3.63) is 425 Å². The lowest BCUT2D eigenvalue weighted by Crippen LogP contribution is -2.12. The van der Waals surface area contributed by atoms with Crippen molar-refractivity contribution in [3.63, 3.8) is 0 Å². The van der Waals surface area contributed by atoms with E-state index in [1.807, 2.05) is 78.9 Å². The molecule has 0 atom stereocenters. The van der Waals surface area contributed by atoms with Crippen LogP contribution in [0.5, 0.6) is 5.75 Å². The van der Waals surface area contributed by atoms with Crippen molar-refractivity contribution in [2.24, 2.45) is 0 Å². The van der Waals surface area contributed by atoms with Gasteiger partial charge in [-0.25, -0.2) is 38.4 Å². The standard InChI is InChI=1S/C62H64N2O9.C62H64N2O8/c1-41(2)59(65)70-35-31-46-11-21-52(22-12-46)63(53-23-13-47(14-24-53)32-36-71-60(66)42(3)4)56-29-19-50(39-45(56)9)51-20-30-57(58(40-51)69-10)64(54-25-15-48(16-26-54)33-37-72-61(67)43(5)6)55-27-17-49(18-28-55)34-38-73-62(68)44(7)8;1-41(2)59(65)69-35-31-47-11-21-53(22-12-47)63(54-23-13-48(14-24-54)32-36-70-60(66)42(3)4)57-29-19-51(39-45(57)9)52-20-30-58(46(10)40-52)64(55-25-15-49(16-26-55)33-37-71-61(67)43(5)6)56-27-17-50(18-28-56)34-38-72-62(68)44(7)8/h11-30,39-40H,1,3,5,7,31-38H2,2,4,6,8-10H3;11-30,39-40H,1,3,5,7,31-38H2,2,4,6,8-10H3. The minimum atomic E-state index is -0.413. The van der Waals surface area contributed by atoms with Crippen LogP contribution in [0.1, 0.15) is 117 Å². The Kier molecular flexibility index (Phi) is 39.5. The van der Waals surface area contributed by atoms with Crippen LogP contribution in [0.15, 0.2) is 364 Å². The van der Waals surface area contributed by atoms with E-state index in [1.54, 1.807) is 62.5 Å². The Morgan fingerprint density at radius 2 is 0.338 bits per heavy atom. The van der Waals surface area contributed by atoms with Crippen LogP contribution in [0, 0.1) is 20.8 Å². The van der Waals surface area contributed by atoms with Gasteiger partial charge in [0, 0.05) is 159 Å². The molecule has 21 nitrogen and oxygen atoms in total. The molecule has 12 aromatic carbocycles. The molecule has 0 bridgehead atoms. The average molecular weight is 1950 g/mol. The molecular weight excluding hydrogens is 1820 g/mol. The van der Waals surface area contributed by atoms with E-state index in [0.29, 0.717) is 102 Å². The van der Waals surface area contributed by atoms with Gasteiger partial charge in [0.25, 0.3) is 0 Å². The Labute approximate surface area is 852 Å². The number of carbonyl (C=O) groups excluding carboxylic acids is 8. The highest BCUT2D eigenvalue weighted by molar-refractivity contribution is 5.93. The van der Waals surface area contributed by atoms with Gasteiger partial charge in [-0.3, -0.25) is 0 Å². The van der Waals surface area contributed by atoms with Crippen molar-refractivity contribution in [3.8, 4) is 28.0 Å². The first-order chi connectivity index (χ1) is 69.5. The number of methoxy groups -OCH3 is 1. The van der Waals surface area contributed by atoms with E-state index in [0.717, 1.165) is 152 Å². The van der Waals surface area contributed by atoms with Gasteiger partial charge >= 0.3 is 47.8 Å². The number of esters is 8. The molecule has 12 rings (SSSR count). The van der Waals surface area contributed by atoms with Gasteiger partial charge in [-0.1, -0.05) is 174 Å². The van der Waals surface area contributed by atoms with Gasteiger partial charge in [-0.2, -0.15) is 0 Å². The normalized spacial score (nSPS) is 10.7. The number of anilines is 12. The maximum atomic E-state index is 12.0. The van der Waals surface area contributed by atoms with Crippen molar-refractivity contribution < 1.29 is 81.0 Å². The molecule has 0 amide bonds. The molecule has 21 heteroatoms. The number of hydrogen-bond acceptors (Lipinski definition) is 21. The van der Waals surface area contributed by atoms with Crippen LogP contribution in [0.4, 0.5) is 68.2 Å². The van der Waals surface area contributed by atoms with Crippen molar-refractivity contribution in [2.45, 2.75) is 128 Å². The van der Waals surface area contributed by atoms with Crippen LogP contribution in [0.3, 0.4) is 0 Å². The van der Waals surface area contributed by atoms with Crippen LogP contribution in [0.25, 0.3) is 22.3 Å². The summed E-state index contributed by atoms with van der Waals surface area (Å²) in [6.45, 7) is 50.7. The van der Waals surface area contributed by atoms with Crippen LogP contribution in [-0.4, -0.2) is 108 Å². The van der Waals surface area contributed by atoms with Gasteiger partial charge in [0.1, 0.15) is 5.75 Å². The third-order valence-electron chi connectivity index (χ3n) is 23.7. The molecule has 0 aliphatic rings. The molecule has 0 spiro atoms. The van der Waals surface area contributed by atoms with E-state index in [9.17, 15) is 38.4 Å². The monoisotopic (exact) mass is 1940 g/mol. The van der Waals surface area contributed by atoms with E-state index < -0.39 is 47.8 Å². The topological polar surface area (TPSA) is 233 Å². The molecule has 0 saturated heterocycles. The number of carbonyl (C=O) groups is 8. The lowest BCUT2D eigenvalue weighted by molar-refractivity contribution is -0.139. The fraction of sp³-hybridized carbons (Fsp3) is 0.226. The minimum absolute atomic E-state index is 0.238. The number of ether oxygens (including phenoxy) is 9. The molecule has 0 unspecified atom stereocenters. The molecule has 0 heterocycles. The van der Waals surface area contributed by atoms with Crippen molar-refractivity contribution in [1.29, 1.82) is 0 Å². The summed E-state index contributed by atoms with van der Waals surface area (Å²) in [6, 6.07) is 91.3. The number of rotatable bonds is 47. The SMILES string of the molecule is C=C(C)C(=O)OCCc1ccc(N(c2ccc(CCOC(=O)C(=C)C)cc2)c2ccc(-c3ccc(N(c4ccc(CCOC(=O)C(=C)C)cc4)c4ccc(CCOC(=O)C(=C)C)cc4)c(C)c3)cc2C)cc1.C=C(C)C(=O)OCCc1ccc(N(c2ccc(CCOC(=O)C(=C)C)cc2)c2ccc(-c3ccc(N(c4ccc(CCOC(=O)C(=C)C)cc4)c4ccc(CCOC(=O)C(=C)C)cc4)c(OC)c3)cc2C)cc1. The largest absolute Gasteiger partial charge is 0.495 e. The van der Waals surface area contributed by atoms with Crippen molar-refractivity contribution in [2.75, 3.05) is 79.6 Å².